The minimum absolute atomic E-state index is 0.129. The van der Waals surface area contributed by atoms with Crippen LogP contribution in [0.15, 0.2) is 55.0 Å². The number of rotatable bonds is 7. The Bertz CT molecular complexity index is 1420. The van der Waals surface area contributed by atoms with E-state index in [1.54, 1.807) is 24.5 Å². The zero-order chi connectivity index (χ0) is 30.1. The van der Waals surface area contributed by atoms with Gasteiger partial charge < -0.3 is 15.1 Å². The first-order chi connectivity index (χ1) is 20.7. The lowest BCUT2D eigenvalue weighted by atomic mass is 9.88. The maximum absolute atomic E-state index is 14.0. The summed E-state index contributed by atoms with van der Waals surface area (Å²) < 4.78 is 13.4. The normalized spacial score (nSPS) is 24.3. The van der Waals surface area contributed by atoms with E-state index in [0.29, 0.717) is 31.6 Å². The number of amides is 1. The molecule has 0 aliphatic carbocycles. The van der Waals surface area contributed by atoms with Gasteiger partial charge in [-0.15, -0.1) is 0 Å². The predicted octanol–water partition coefficient (Wildman–Crippen LogP) is 3.10. The first kappa shape index (κ1) is 29.6. The second-order valence-corrected chi connectivity index (χ2v) is 13.1. The second kappa shape index (κ2) is 12.3. The van der Waals surface area contributed by atoms with Gasteiger partial charge in [-0.1, -0.05) is 26.0 Å². The van der Waals surface area contributed by atoms with Gasteiger partial charge in [0.25, 0.3) is 0 Å². The van der Waals surface area contributed by atoms with Crippen molar-refractivity contribution in [1.29, 1.82) is 0 Å². The summed E-state index contributed by atoms with van der Waals surface area (Å²) in [5.41, 5.74) is 3.74. The van der Waals surface area contributed by atoms with Gasteiger partial charge in [0.2, 0.25) is 11.9 Å². The zero-order valence-electron chi connectivity index (χ0n) is 25.7. The van der Waals surface area contributed by atoms with E-state index in [9.17, 15) is 9.18 Å². The van der Waals surface area contributed by atoms with Crippen LogP contribution < -0.4 is 15.1 Å². The van der Waals surface area contributed by atoms with Crippen LogP contribution in [0.3, 0.4) is 0 Å². The highest BCUT2D eigenvalue weighted by Crippen LogP contribution is 2.40. The molecule has 9 nitrogen and oxygen atoms in total. The van der Waals surface area contributed by atoms with Crippen LogP contribution in [0.5, 0.6) is 0 Å². The molecule has 1 N–H and O–H groups in total. The van der Waals surface area contributed by atoms with E-state index in [2.05, 4.69) is 63.7 Å². The quantitative estimate of drug-likeness (QED) is 0.453. The number of benzene rings is 1. The summed E-state index contributed by atoms with van der Waals surface area (Å²) in [7, 11) is 0. The third-order valence-corrected chi connectivity index (χ3v) is 9.22. The molecule has 0 bridgehead atoms. The molecule has 0 saturated carbocycles. The van der Waals surface area contributed by atoms with Crippen molar-refractivity contribution in [3.8, 4) is 0 Å². The minimum Gasteiger partial charge on any atom is -0.338 e. The fraction of sp³-hybridized carbons (Fsp3) is 0.515. The molecule has 3 aliphatic rings. The summed E-state index contributed by atoms with van der Waals surface area (Å²) in [6.07, 6.45) is 6.12. The SMILES string of the molecule is C[C@@H]1CN(CC(=O)N2CC(C)(C)c3cnc(Cc4ccc(F)cc4)cc32)[C@@H](CN2CCN(c3ncccn3)C[C@H]2C)CN1. The zero-order valence-corrected chi connectivity index (χ0v) is 25.7. The molecule has 6 rings (SSSR count). The van der Waals surface area contributed by atoms with Crippen molar-refractivity contribution in [2.45, 2.75) is 57.7 Å². The van der Waals surface area contributed by atoms with Crippen LogP contribution in [0.25, 0.3) is 0 Å². The van der Waals surface area contributed by atoms with E-state index >= 15 is 0 Å². The van der Waals surface area contributed by atoms with Gasteiger partial charge in [0.1, 0.15) is 5.82 Å². The Labute approximate surface area is 254 Å². The van der Waals surface area contributed by atoms with E-state index < -0.39 is 0 Å². The van der Waals surface area contributed by atoms with Crippen molar-refractivity contribution in [3.05, 3.63) is 77.6 Å². The number of pyridine rings is 1. The highest BCUT2D eigenvalue weighted by atomic mass is 19.1. The van der Waals surface area contributed by atoms with Crippen molar-refractivity contribution < 1.29 is 9.18 Å². The first-order valence-corrected chi connectivity index (χ1v) is 15.4. The number of anilines is 2. The highest BCUT2D eigenvalue weighted by molar-refractivity contribution is 5.97. The third kappa shape index (κ3) is 6.56. The van der Waals surface area contributed by atoms with Gasteiger partial charge in [-0.3, -0.25) is 19.6 Å². The number of aromatic nitrogens is 3. The van der Waals surface area contributed by atoms with Gasteiger partial charge in [-0.25, -0.2) is 14.4 Å². The molecule has 0 unspecified atom stereocenters. The molecule has 3 aromatic rings. The van der Waals surface area contributed by atoms with Crippen molar-refractivity contribution in [2.24, 2.45) is 0 Å². The summed E-state index contributed by atoms with van der Waals surface area (Å²) in [5, 5.41) is 3.65. The van der Waals surface area contributed by atoms with Crippen LogP contribution in [0.2, 0.25) is 0 Å². The minimum atomic E-state index is -0.247. The molecular weight excluding hydrogens is 543 g/mol. The van der Waals surface area contributed by atoms with Crippen molar-refractivity contribution in [3.63, 3.8) is 0 Å². The Kier molecular flexibility index (Phi) is 8.44. The lowest BCUT2D eigenvalue weighted by Gasteiger charge is -2.45. The maximum Gasteiger partial charge on any atom is 0.241 e. The highest BCUT2D eigenvalue weighted by Gasteiger charge is 2.40. The number of carbonyl (C=O) groups excluding carboxylic acids is 1. The summed E-state index contributed by atoms with van der Waals surface area (Å²) >= 11 is 0. The van der Waals surface area contributed by atoms with Crippen LogP contribution in [0.1, 0.15) is 44.5 Å². The van der Waals surface area contributed by atoms with Crippen LogP contribution >= 0.6 is 0 Å². The standard InChI is InChI=1S/C33H43FN8O/c1-23-18-41(28(16-37-23)20-39-12-13-40(19-24(39)2)32-35-10-5-11-36-32)21-31(43)42-22-33(3,4)29-17-38-27(15-30(29)42)14-25-6-8-26(34)9-7-25/h5-11,15,17,23-24,28,37H,12-14,16,18-22H2,1-4H3/t23-,24-,28-/m1/s1. The number of fused-ring (bicyclic) bond motifs is 1. The molecule has 228 valence electrons. The maximum atomic E-state index is 14.0. The molecule has 2 saturated heterocycles. The van der Waals surface area contributed by atoms with Gasteiger partial charge in [0, 0.05) is 106 Å². The largest absolute Gasteiger partial charge is 0.338 e. The Morgan fingerprint density at radius 2 is 1.81 bits per heavy atom. The molecule has 3 atom stereocenters. The Morgan fingerprint density at radius 3 is 2.56 bits per heavy atom. The van der Waals surface area contributed by atoms with Crippen LogP contribution in [0, 0.1) is 5.82 Å². The number of nitrogens with zero attached hydrogens (tertiary/aromatic N) is 7. The molecule has 10 heteroatoms. The lowest BCUT2D eigenvalue weighted by molar-refractivity contribution is -0.120. The Morgan fingerprint density at radius 1 is 1.05 bits per heavy atom. The smallest absolute Gasteiger partial charge is 0.241 e. The van der Waals surface area contributed by atoms with E-state index in [4.69, 9.17) is 4.98 Å². The number of nitrogens with one attached hydrogen (secondary N) is 1. The lowest BCUT2D eigenvalue weighted by Crippen LogP contribution is -2.63. The first-order valence-electron chi connectivity index (χ1n) is 15.4. The monoisotopic (exact) mass is 586 g/mol. The van der Waals surface area contributed by atoms with Crippen molar-refractivity contribution in [1.82, 2.24) is 30.1 Å². The molecule has 43 heavy (non-hydrogen) atoms. The Hall–Kier alpha value is -3.47. The summed E-state index contributed by atoms with van der Waals surface area (Å²) in [5.74, 6) is 0.673. The summed E-state index contributed by atoms with van der Waals surface area (Å²) in [4.78, 5) is 36.8. The predicted molar refractivity (Wildman–Crippen MR) is 167 cm³/mol. The molecule has 1 amide bonds. The van der Waals surface area contributed by atoms with Crippen molar-refractivity contribution >= 4 is 17.5 Å². The molecule has 1 aromatic carbocycles. The number of piperazine rings is 2. The molecular formula is C33H43FN8O. The summed E-state index contributed by atoms with van der Waals surface area (Å²) in [6, 6.07) is 11.4. The fourth-order valence-electron chi connectivity index (χ4n) is 6.77. The van der Waals surface area contributed by atoms with Crippen LogP contribution in [0.4, 0.5) is 16.0 Å². The van der Waals surface area contributed by atoms with Gasteiger partial charge in [-0.2, -0.15) is 0 Å². The van der Waals surface area contributed by atoms with Crippen molar-refractivity contribution in [2.75, 3.05) is 62.2 Å². The molecule has 5 heterocycles. The van der Waals surface area contributed by atoms with E-state index in [1.165, 1.54) is 12.1 Å². The number of carbonyl (C=O) groups is 1. The second-order valence-electron chi connectivity index (χ2n) is 13.1. The average Bonchev–Trinajstić information content (AvgIpc) is 3.27. The Balaban J connectivity index is 1.14. The van der Waals surface area contributed by atoms with E-state index in [-0.39, 0.29) is 23.2 Å². The fourth-order valence-corrected chi connectivity index (χ4v) is 6.77. The molecule has 2 aromatic heterocycles. The molecule has 0 spiro atoms. The molecule has 3 aliphatic heterocycles. The summed E-state index contributed by atoms with van der Waals surface area (Å²) in [6.45, 7) is 15.1. The van der Waals surface area contributed by atoms with E-state index in [0.717, 1.165) is 67.7 Å². The molecule has 0 radical (unpaired) electrons. The van der Waals surface area contributed by atoms with E-state index in [1.807, 2.05) is 17.2 Å². The average molecular weight is 587 g/mol. The van der Waals surface area contributed by atoms with Gasteiger partial charge in [0.15, 0.2) is 0 Å². The topological polar surface area (TPSA) is 80.7 Å². The molecule has 2 fully saturated rings. The van der Waals surface area contributed by atoms with Gasteiger partial charge in [0.05, 0.1) is 12.2 Å². The number of halogens is 1. The number of hydrogen-bond acceptors (Lipinski definition) is 8. The van der Waals surface area contributed by atoms with Crippen LogP contribution in [-0.2, 0) is 16.6 Å². The third-order valence-electron chi connectivity index (χ3n) is 9.22. The van der Waals surface area contributed by atoms with Gasteiger partial charge in [-0.05, 0) is 43.7 Å². The number of hydrogen-bond donors (Lipinski definition) is 1. The van der Waals surface area contributed by atoms with Crippen LogP contribution in [-0.4, -0.2) is 101 Å². The van der Waals surface area contributed by atoms with Gasteiger partial charge >= 0.3 is 0 Å².